The van der Waals surface area contributed by atoms with E-state index in [0.29, 0.717) is 6.04 Å². The summed E-state index contributed by atoms with van der Waals surface area (Å²) in [5, 5.41) is 3.47. The van der Waals surface area contributed by atoms with Crippen molar-refractivity contribution >= 4 is 0 Å². The molecular formula is C20H25N3. The van der Waals surface area contributed by atoms with Gasteiger partial charge in [0.15, 0.2) is 0 Å². The molecule has 1 saturated heterocycles. The Bertz CT molecular complexity index is 647. The van der Waals surface area contributed by atoms with Gasteiger partial charge in [-0.15, -0.1) is 0 Å². The first-order chi connectivity index (χ1) is 11.4. The van der Waals surface area contributed by atoms with Gasteiger partial charge in [-0.3, -0.25) is 9.88 Å². The molecule has 1 fully saturated rings. The summed E-state index contributed by atoms with van der Waals surface area (Å²) in [6.07, 6.45) is 9.07. The molecule has 0 spiro atoms. The van der Waals surface area contributed by atoms with Crippen molar-refractivity contribution in [1.29, 1.82) is 0 Å². The molecule has 4 rings (SSSR count). The molecule has 1 aromatic heterocycles. The fraction of sp³-hybridized carbons (Fsp3) is 0.450. The van der Waals surface area contributed by atoms with E-state index < -0.39 is 0 Å². The second kappa shape index (κ2) is 6.81. The number of piperazine rings is 1. The third-order valence-electron chi connectivity index (χ3n) is 5.21. The van der Waals surface area contributed by atoms with E-state index in [1.807, 2.05) is 12.4 Å². The Morgan fingerprint density at radius 2 is 1.78 bits per heavy atom. The Morgan fingerprint density at radius 1 is 0.957 bits per heavy atom. The number of aromatic nitrogens is 1. The normalized spacial score (nSPS) is 20.0. The molecule has 1 aromatic carbocycles. The van der Waals surface area contributed by atoms with Crippen LogP contribution in [0.5, 0.6) is 0 Å². The third kappa shape index (κ3) is 3.17. The zero-order valence-electron chi connectivity index (χ0n) is 13.7. The zero-order valence-corrected chi connectivity index (χ0v) is 13.7. The largest absolute Gasteiger partial charge is 0.314 e. The van der Waals surface area contributed by atoms with Crippen molar-refractivity contribution in [3.63, 3.8) is 0 Å². The zero-order chi connectivity index (χ0) is 15.5. The molecule has 0 saturated carbocycles. The number of rotatable bonds is 3. The maximum atomic E-state index is 4.37. The summed E-state index contributed by atoms with van der Waals surface area (Å²) in [7, 11) is 0. The molecule has 23 heavy (non-hydrogen) atoms. The highest BCUT2D eigenvalue weighted by molar-refractivity contribution is 5.39. The van der Waals surface area contributed by atoms with Gasteiger partial charge < -0.3 is 5.32 Å². The van der Waals surface area contributed by atoms with Crippen LogP contribution in [0.1, 0.15) is 41.1 Å². The molecule has 1 atom stereocenters. The van der Waals surface area contributed by atoms with Crippen molar-refractivity contribution in [3.8, 4) is 0 Å². The number of nitrogens with zero attached hydrogens (tertiary/aromatic N) is 2. The van der Waals surface area contributed by atoms with Crippen LogP contribution in [0, 0.1) is 0 Å². The van der Waals surface area contributed by atoms with Gasteiger partial charge >= 0.3 is 0 Å². The summed E-state index contributed by atoms with van der Waals surface area (Å²) >= 11 is 0. The minimum absolute atomic E-state index is 0.332. The van der Waals surface area contributed by atoms with Crippen molar-refractivity contribution in [3.05, 3.63) is 65.0 Å². The van der Waals surface area contributed by atoms with Crippen LogP contribution in [0.3, 0.4) is 0 Å². The van der Waals surface area contributed by atoms with Crippen LogP contribution in [-0.4, -0.2) is 36.1 Å². The molecule has 3 heteroatoms. The Morgan fingerprint density at radius 3 is 2.57 bits per heavy atom. The van der Waals surface area contributed by atoms with Crippen LogP contribution in [0.15, 0.2) is 42.7 Å². The molecule has 0 radical (unpaired) electrons. The van der Waals surface area contributed by atoms with Gasteiger partial charge in [-0.2, -0.15) is 0 Å². The van der Waals surface area contributed by atoms with Crippen molar-refractivity contribution in [2.24, 2.45) is 0 Å². The lowest BCUT2D eigenvalue weighted by Gasteiger charge is -2.36. The van der Waals surface area contributed by atoms with Crippen molar-refractivity contribution in [2.45, 2.75) is 31.7 Å². The van der Waals surface area contributed by atoms with E-state index in [0.717, 1.165) is 26.2 Å². The molecule has 1 aliphatic heterocycles. The van der Waals surface area contributed by atoms with Crippen molar-refractivity contribution in [2.75, 3.05) is 26.2 Å². The Balaban J connectivity index is 1.72. The van der Waals surface area contributed by atoms with Crippen LogP contribution >= 0.6 is 0 Å². The summed E-state index contributed by atoms with van der Waals surface area (Å²) in [6.45, 7) is 4.33. The van der Waals surface area contributed by atoms with E-state index in [1.165, 1.54) is 36.8 Å². The van der Waals surface area contributed by atoms with Crippen LogP contribution in [0.4, 0.5) is 0 Å². The quantitative estimate of drug-likeness (QED) is 0.945. The number of fused-ring (bicyclic) bond motifs is 1. The van der Waals surface area contributed by atoms with Crippen LogP contribution in [-0.2, 0) is 12.8 Å². The van der Waals surface area contributed by atoms with E-state index >= 15 is 0 Å². The SMILES string of the molecule is c1cncc(C(c2ccc3c(c2)CCCC3)N2CCNCC2)c1. The molecule has 0 bridgehead atoms. The number of hydrogen-bond acceptors (Lipinski definition) is 3. The lowest BCUT2D eigenvalue weighted by Crippen LogP contribution is -2.45. The van der Waals surface area contributed by atoms with Gasteiger partial charge in [0, 0.05) is 38.6 Å². The maximum absolute atomic E-state index is 4.37. The van der Waals surface area contributed by atoms with E-state index in [4.69, 9.17) is 0 Å². The smallest absolute Gasteiger partial charge is 0.0617 e. The summed E-state index contributed by atoms with van der Waals surface area (Å²) in [4.78, 5) is 6.97. The number of nitrogens with one attached hydrogen (secondary N) is 1. The van der Waals surface area contributed by atoms with Gasteiger partial charge in [-0.1, -0.05) is 24.3 Å². The van der Waals surface area contributed by atoms with Gasteiger partial charge in [-0.05, 0) is 54.0 Å². The van der Waals surface area contributed by atoms with E-state index in [2.05, 4.69) is 45.5 Å². The molecule has 1 unspecified atom stereocenters. The molecule has 1 N–H and O–H groups in total. The third-order valence-corrected chi connectivity index (χ3v) is 5.21. The second-order valence-corrected chi connectivity index (χ2v) is 6.71. The van der Waals surface area contributed by atoms with Gasteiger partial charge in [0.25, 0.3) is 0 Å². The Hall–Kier alpha value is -1.71. The van der Waals surface area contributed by atoms with Gasteiger partial charge in [0.1, 0.15) is 0 Å². The number of benzene rings is 1. The molecule has 0 amide bonds. The second-order valence-electron chi connectivity index (χ2n) is 6.71. The first-order valence-corrected chi connectivity index (χ1v) is 8.88. The lowest BCUT2D eigenvalue weighted by atomic mass is 9.87. The highest BCUT2D eigenvalue weighted by Crippen LogP contribution is 2.31. The van der Waals surface area contributed by atoms with Gasteiger partial charge in [0.2, 0.25) is 0 Å². The number of aryl methyl sites for hydroxylation is 2. The van der Waals surface area contributed by atoms with Gasteiger partial charge in [-0.25, -0.2) is 0 Å². The number of hydrogen-bond donors (Lipinski definition) is 1. The first-order valence-electron chi connectivity index (χ1n) is 8.88. The van der Waals surface area contributed by atoms with E-state index in [1.54, 1.807) is 11.1 Å². The molecule has 1 aliphatic carbocycles. The average molecular weight is 307 g/mol. The first kappa shape index (κ1) is 14.9. The molecule has 2 aromatic rings. The van der Waals surface area contributed by atoms with E-state index in [9.17, 15) is 0 Å². The monoisotopic (exact) mass is 307 g/mol. The summed E-state index contributed by atoms with van der Waals surface area (Å²) < 4.78 is 0. The predicted octanol–water partition coefficient (Wildman–Crippen LogP) is 2.96. The summed E-state index contributed by atoms with van der Waals surface area (Å²) in [6, 6.07) is 11.8. The Kier molecular flexibility index (Phi) is 4.40. The lowest BCUT2D eigenvalue weighted by molar-refractivity contribution is 0.198. The average Bonchev–Trinajstić information content (AvgIpc) is 2.64. The molecule has 2 heterocycles. The minimum Gasteiger partial charge on any atom is -0.314 e. The highest BCUT2D eigenvalue weighted by Gasteiger charge is 2.25. The minimum atomic E-state index is 0.332. The molecular weight excluding hydrogens is 282 g/mol. The molecule has 120 valence electrons. The molecule has 3 nitrogen and oxygen atoms in total. The Labute approximate surface area is 138 Å². The van der Waals surface area contributed by atoms with E-state index in [-0.39, 0.29) is 0 Å². The fourth-order valence-electron chi connectivity index (χ4n) is 4.02. The summed E-state index contributed by atoms with van der Waals surface area (Å²) in [5.41, 5.74) is 5.87. The molecule has 2 aliphatic rings. The topological polar surface area (TPSA) is 28.2 Å². The van der Waals surface area contributed by atoms with Crippen LogP contribution in [0.25, 0.3) is 0 Å². The van der Waals surface area contributed by atoms with Crippen LogP contribution in [0.2, 0.25) is 0 Å². The van der Waals surface area contributed by atoms with Crippen LogP contribution < -0.4 is 5.32 Å². The summed E-state index contributed by atoms with van der Waals surface area (Å²) in [5.74, 6) is 0. The van der Waals surface area contributed by atoms with Crippen molar-refractivity contribution < 1.29 is 0 Å². The number of pyridine rings is 1. The maximum Gasteiger partial charge on any atom is 0.0617 e. The van der Waals surface area contributed by atoms with Crippen molar-refractivity contribution in [1.82, 2.24) is 15.2 Å². The predicted molar refractivity (Wildman–Crippen MR) is 93.6 cm³/mol. The fourth-order valence-corrected chi connectivity index (χ4v) is 4.02. The highest BCUT2D eigenvalue weighted by atomic mass is 15.2. The van der Waals surface area contributed by atoms with Gasteiger partial charge in [0.05, 0.1) is 6.04 Å². The standard InChI is InChI=1S/C20H25N3/c1-2-5-17-14-18(8-7-16(17)4-1)20(19-6-3-9-22-15-19)23-12-10-21-11-13-23/h3,6-9,14-15,20-21H,1-2,4-5,10-13H2.